The number of nitrogens with one attached hydrogen (secondary N) is 1. The molecule has 0 atom stereocenters. The standard InChI is InChI=1S/C19H10BrCl2N3O3S/c1-8(26)25-14-3-2-9(20)4-13(14)15(18(25)28)16-17(27)24-19(29-16)23-12-6-10(21)5-11(22)7-12/h2-7H,1H3,(H,23,24,27). The van der Waals surface area contributed by atoms with Gasteiger partial charge in [0.15, 0.2) is 5.17 Å². The topological polar surface area (TPSA) is 78.8 Å². The first-order valence-corrected chi connectivity index (χ1v) is 10.5. The Balaban J connectivity index is 1.80. The third kappa shape index (κ3) is 3.73. The summed E-state index contributed by atoms with van der Waals surface area (Å²) < 4.78 is 0.721. The maximum atomic E-state index is 13.0. The van der Waals surface area contributed by atoms with E-state index in [-0.39, 0.29) is 15.6 Å². The van der Waals surface area contributed by atoms with Crippen molar-refractivity contribution in [3.05, 3.63) is 61.4 Å². The van der Waals surface area contributed by atoms with Gasteiger partial charge in [0.2, 0.25) is 5.91 Å². The predicted octanol–water partition coefficient (Wildman–Crippen LogP) is 4.91. The Kier molecular flexibility index (Phi) is 5.29. The van der Waals surface area contributed by atoms with Gasteiger partial charge in [-0.25, -0.2) is 9.89 Å². The molecule has 4 rings (SSSR count). The highest BCUT2D eigenvalue weighted by Gasteiger charge is 2.41. The zero-order valence-corrected chi connectivity index (χ0v) is 18.5. The Labute approximate surface area is 188 Å². The van der Waals surface area contributed by atoms with Crippen LogP contribution >= 0.6 is 50.9 Å². The summed E-state index contributed by atoms with van der Waals surface area (Å²) in [5.74, 6) is -1.45. The number of amidine groups is 1. The third-order valence-electron chi connectivity index (χ3n) is 4.13. The molecule has 0 aromatic heterocycles. The Morgan fingerprint density at radius 3 is 2.48 bits per heavy atom. The SMILES string of the molecule is CC(=O)N1C(=O)C(=C2SC(=Nc3cc(Cl)cc(Cl)c3)NC2=O)c2cc(Br)ccc21. The molecule has 0 aliphatic carbocycles. The first kappa shape index (κ1) is 20.2. The van der Waals surface area contributed by atoms with E-state index in [2.05, 4.69) is 26.2 Å². The van der Waals surface area contributed by atoms with E-state index in [1.54, 1.807) is 36.4 Å². The molecule has 0 unspecified atom stereocenters. The van der Waals surface area contributed by atoms with Gasteiger partial charge in [0.05, 0.1) is 21.9 Å². The molecule has 0 radical (unpaired) electrons. The van der Waals surface area contributed by atoms with Crippen LogP contribution < -0.4 is 10.2 Å². The van der Waals surface area contributed by atoms with Crippen molar-refractivity contribution in [2.75, 3.05) is 4.90 Å². The van der Waals surface area contributed by atoms with Crippen molar-refractivity contribution >= 4 is 90.7 Å². The lowest BCUT2D eigenvalue weighted by molar-refractivity contribution is -0.122. The van der Waals surface area contributed by atoms with Crippen molar-refractivity contribution in [3.8, 4) is 0 Å². The molecule has 1 N–H and O–H groups in total. The summed E-state index contributed by atoms with van der Waals surface area (Å²) >= 11 is 16.4. The highest BCUT2D eigenvalue weighted by molar-refractivity contribution is 9.10. The van der Waals surface area contributed by atoms with Gasteiger partial charge in [-0.2, -0.15) is 0 Å². The third-order valence-corrected chi connectivity index (χ3v) is 6.04. The van der Waals surface area contributed by atoms with Gasteiger partial charge in [-0.05, 0) is 48.2 Å². The lowest BCUT2D eigenvalue weighted by Gasteiger charge is -2.11. The second-order valence-electron chi connectivity index (χ2n) is 6.13. The highest BCUT2D eigenvalue weighted by atomic mass is 79.9. The van der Waals surface area contributed by atoms with Crippen molar-refractivity contribution in [2.24, 2.45) is 4.99 Å². The minimum absolute atomic E-state index is 0.160. The van der Waals surface area contributed by atoms with E-state index in [4.69, 9.17) is 23.2 Å². The van der Waals surface area contributed by atoms with Gasteiger partial charge in [0, 0.05) is 27.0 Å². The smallest absolute Gasteiger partial charge is 0.267 e. The van der Waals surface area contributed by atoms with Gasteiger partial charge in [-0.3, -0.25) is 14.4 Å². The first-order valence-electron chi connectivity index (χ1n) is 8.18. The van der Waals surface area contributed by atoms with E-state index in [0.29, 0.717) is 27.0 Å². The Hall–Kier alpha value is -2.13. The van der Waals surface area contributed by atoms with Crippen molar-refractivity contribution in [1.82, 2.24) is 5.32 Å². The molecule has 10 heteroatoms. The van der Waals surface area contributed by atoms with Crippen molar-refractivity contribution in [2.45, 2.75) is 6.92 Å². The van der Waals surface area contributed by atoms with Gasteiger partial charge < -0.3 is 5.32 Å². The van der Waals surface area contributed by atoms with Crippen LogP contribution in [0.15, 0.2) is 50.8 Å². The number of carbonyl (C=O) groups is 3. The number of hydrogen-bond donors (Lipinski definition) is 1. The van der Waals surface area contributed by atoms with Crippen LogP contribution in [0.1, 0.15) is 12.5 Å². The van der Waals surface area contributed by atoms with Crippen LogP contribution in [-0.2, 0) is 14.4 Å². The number of thioether (sulfide) groups is 1. The normalized spacial score (nSPS) is 19.7. The molecule has 0 saturated carbocycles. The average Bonchev–Trinajstić information content (AvgIpc) is 3.09. The predicted molar refractivity (Wildman–Crippen MR) is 119 cm³/mol. The molecular weight excluding hydrogens is 501 g/mol. The summed E-state index contributed by atoms with van der Waals surface area (Å²) in [5.41, 5.74) is 1.56. The summed E-state index contributed by atoms with van der Waals surface area (Å²) in [6.07, 6.45) is 0. The quantitative estimate of drug-likeness (QED) is 0.553. The van der Waals surface area contributed by atoms with Gasteiger partial charge in [0.25, 0.3) is 11.8 Å². The van der Waals surface area contributed by atoms with Crippen molar-refractivity contribution < 1.29 is 14.4 Å². The number of halogens is 3. The molecule has 146 valence electrons. The molecule has 29 heavy (non-hydrogen) atoms. The van der Waals surface area contributed by atoms with Crippen LogP contribution in [0.25, 0.3) is 5.57 Å². The van der Waals surface area contributed by atoms with E-state index in [0.717, 1.165) is 21.1 Å². The monoisotopic (exact) mass is 509 g/mol. The second kappa shape index (κ2) is 7.60. The molecule has 0 bridgehead atoms. The lowest BCUT2D eigenvalue weighted by atomic mass is 10.1. The number of carbonyl (C=O) groups excluding carboxylic acids is 3. The van der Waals surface area contributed by atoms with Gasteiger partial charge >= 0.3 is 0 Å². The van der Waals surface area contributed by atoms with E-state index < -0.39 is 17.7 Å². The molecule has 6 nitrogen and oxygen atoms in total. The van der Waals surface area contributed by atoms with E-state index >= 15 is 0 Å². The number of rotatable bonds is 1. The fourth-order valence-corrected chi connectivity index (χ4v) is 4.84. The zero-order chi connectivity index (χ0) is 20.9. The van der Waals surface area contributed by atoms with Crippen LogP contribution in [0.2, 0.25) is 10.0 Å². The largest absolute Gasteiger partial charge is 0.300 e. The first-order chi connectivity index (χ1) is 13.7. The number of fused-ring (bicyclic) bond motifs is 1. The Bertz CT molecular complexity index is 1160. The van der Waals surface area contributed by atoms with Gasteiger partial charge in [-0.15, -0.1) is 0 Å². The molecule has 2 aliphatic heterocycles. The maximum absolute atomic E-state index is 13.0. The summed E-state index contributed by atoms with van der Waals surface area (Å²) in [5, 5.41) is 3.74. The number of imide groups is 1. The summed E-state index contributed by atoms with van der Waals surface area (Å²) in [6.45, 7) is 1.30. The van der Waals surface area contributed by atoms with E-state index in [1.165, 1.54) is 6.92 Å². The molecule has 3 amide bonds. The molecular formula is C19H10BrCl2N3O3S. The van der Waals surface area contributed by atoms with E-state index in [1.807, 2.05) is 0 Å². The Morgan fingerprint density at radius 2 is 1.83 bits per heavy atom. The van der Waals surface area contributed by atoms with Crippen LogP contribution in [-0.4, -0.2) is 22.9 Å². The minimum atomic E-state index is -0.546. The highest BCUT2D eigenvalue weighted by Crippen LogP contribution is 2.44. The number of nitrogens with zero attached hydrogens (tertiary/aromatic N) is 2. The van der Waals surface area contributed by atoms with Crippen LogP contribution in [0, 0.1) is 0 Å². The summed E-state index contributed by atoms with van der Waals surface area (Å²) in [6, 6.07) is 9.87. The van der Waals surface area contributed by atoms with Crippen LogP contribution in [0.3, 0.4) is 0 Å². The summed E-state index contributed by atoms with van der Waals surface area (Å²) in [4.78, 5) is 43.2. The van der Waals surface area contributed by atoms with Crippen LogP contribution in [0.4, 0.5) is 11.4 Å². The number of benzene rings is 2. The lowest BCUT2D eigenvalue weighted by Crippen LogP contribution is -2.31. The molecule has 2 heterocycles. The number of amides is 3. The number of hydrogen-bond acceptors (Lipinski definition) is 5. The molecule has 0 spiro atoms. The second-order valence-corrected chi connectivity index (χ2v) is 8.91. The maximum Gasteiger partial charge on any atom is 0.267 e. The fraction of sp³-hybridized carbons (Fsp3) is 0.0526. The number of anilines is 1. The van der Waals surface area contributed by atoms with Crippen molar-refractivity contribution in [1.29, 1.82) is 0 Å². The van der Waals surface area contributed by atoms with Gasteiger partial charge in [-0.1, -0.05) is 39.1 Å². The number of aliphatic imine (C=N–C) groups is 1. The van der Waals surface area contributed by atoms with E-state index in [9.17, 15) is 14.4 Å². The van der Waals surface area contributed by atoms with Gasteiger partial charge in [0.1, 0.15) is 0 Å². The molecule has 1 saturated heterocycles. The van der Waals surface area contributed by atoms with Crippen LogP contribution in [0.5, 0.6) is 0 Å². The molecule has 2 aromatic rings. The minimum Gasteiger partial charge on any atom is -0.300 e. The molecule has 2 aliphatic rings. The Morgan fingerprint density at radius 1 is 1.14 bits per heavy atom. The fourth-order valence-electron chi connectivity index (χ4n) is 3.03. The average molecular weight is 511 g/mol. The van der Waals surface area contributed by atoms with Crippen molar-refractivity contribution in [3.63, 3.8) is 0 Å². The zero-order valence-electron chi connectivity index (χ0n) is 14.6. The molecule has 2 aromatic carbocycles. The summed E-state index contributed by atoms with van der Waals surface area (Å²) in [7, 11) is 0. The molecule has 1 fully saturated rings.